The topological polar surface area (TPSA) is 80.5 Å². The first-order chi connectivity index (χ1) is 12.1. The Morgan fingerprint density at radius 3 is 2.96 bits per heavy atom. The summed E-state index contributed by atoms with van der Waals surface area (Å²) in [5.74, 6) is 2.12. The van der Waals surface area contributed by atoms with Gasteiger partial charge in [-0.1, -0.05) is 23.4 Å². The molecule has 0 unspecified atom stereocenters. The van der Waals surface area contributed by atoms with E-state index < -0.39 is 0 Å². The highest BCUT2D eigenvalue weighted by atomic mass is 16.5. The second-order valence-electron chi connectivity index (χ2n) is 6.38. The van der Waals surface area contributed by atoms with Gasteiger partial charge in [-0.05, 0) is 32.8 Å². The molecule has 1 aromatic heterocycles. The predicted molar refractivity (Wildman–Crippen MR) is 92.5 cm³/mol. The molecule has 1 aromatic carbocycles. The third-order valence-electron chi connectivity index (χ3n) is 4.55. The number of piperidine rings is 1. The van der Waals surface area contributed by atoms with Crippen molar-refractivity contribution < 1.29 is 14.1 Å². The number of aryl methyl sites for hydroxylation is 1. The van der Waals surface area contributed by atoms with Gasteiger partial charge in [-0.25, -0.2) is 4.79 Å². The second kappa shape index (κ2) is 7.55. The molecule has 2 amide bonds. The molecule has 2 atom stereocenters. The van der Waals surface area contributed by atoms with E-state index in [-0.39, 0.29) is 18.0 Å². The second-order valence-corrected chi connectivity index (χ2v) is 6.38. The standard InChI is InChI=1S/C18H24N4O3/c1-12(15-8-4-5-9-16(15)24-3)19-18(23)22-10-6-7-14(11-22)17-20-13(2)21-25-17/h4-5,8-9,12,14H,6-7,10-11H2,1-3H3,(H,19,23)/t12-,14-/m0/s1. The molecule has 25 heavy (non-hydrogen) atoms. The molecule has 0 bridgehead atoms. The number of rotatable bonds is 4. The maximum absolute atomic E-state index is 12.7. The van der Waals surface area contributed by atoms with Crippen molar-refractivity contribution in [3.05, 3.63) is 41.5 Å². The van der Waals surface area contributed by atoms with Crippen molar-refractivity contribution in [2.45, 2.75) is 38.6 Å². The van der Waals surface area contributed by atoms with Gasteiger partial charge in [-0.3, -0.25) is 0 Å². The third-order valence-corrected chi connectivity index (χ3v) is 4.55. The van der Waals surface area contributed by atoms with Gasteiger partial charge >= 0.3 is 6.03 Å². The molecular formula is C18H24N4O3. The molecule has 1 saturated heterocycles. The van der Waals surface area contributed by atoms with Crippen LogP contribution >= 0.6 is 0 Å². The fourth-order valence-corrected chi connectivity index (χ4v) is 3.22. The van der Waals surface area contributed by atoms with Crippen LogP contribution in [0.25, 0.3) is 0 Å². The lowest BCUT2D eigenvalue weighted by molar-refractivity contribution is 0.169. The summed E-state index contributed by atoms with van der Waals surface area (Å²) in [5, 5.41) is 6.91. The lowest BCUT2D eigenvalue weighted by atomic mass is 9.98. The van der Waals surface area contributed by atoms with Crippen LogP contribution in [0.4, 0.5) is 4.79 Å². The molecule has 1 N–H and O–H groups in total. The Balaban J connectivity index is 1.64. The van der Waals surface area contributed by atoms with E-state index in [1.54, 1.807) is 14.0 Å². The normalized spacial score (nSPS) is 18.7. The van der Waals surface area contributed by atoms with Gasteiger partial charge in [0.05, 0.1) is 19.1 Å². The Kier molecular flexibility index (Phi) is 5.21. The zero-order valence-corrected chi connectivity index (χ0v) is 14.9. The molecule has 7 heteroatoms. The van der Waals surface area contributed by atoms with E-state index in [9.17, 15) is 4.79 Å². The van der Waals surface area contributed by atoms with Gasteiger partial charge in [0, 0.05) is 18.7 Å². The van der Waals surface area contributed by atoms with Gasteiger partial charge in [-0.15, -0.1) is 0 Å². The summed E-state index contributed by atoms with van der Waals surface area (Å²) in [7, 11) is 1.63. The van der Waals surface area contributed by atoms with Gasteiger partial charge < -0.3 is 19.5 Å². The Bertz CT molecular complexity index is 731. The zero-order valence-electron chi connectivity index (χ0n) is 14.9. The van der Waals surface area contributed by atoms with E-state index in [0.29, 0.717) is 18.3 Å². The summed E-state index contributed by atoms with van der Waals surface area (Å²) >= 11 is 0. The van der Waals surface area contributed by atoms with E-state index in [0.717, 1.165) is 30.7 Å². The number of hydrogen-bond donors (Lipinski definition) is 1. The zero-order chi connectivity index (χ0) is 17.8. The molecule has 2 aromatic rings. The Morgan fingerprint density at radius 2 is 2.24 bits per heavy atom. The molecular weight excluding hydrogens is 320 g/mol. The van der Waals surface area contributed by atoms with Crippen molar-refractivity contribution in [1.82, 2.24) is 20.4 Å². The Hall–Kier alpha value is -2.57. The smallest absolute Gasteiger partial charge is 0.317 e. The summed E-state index contributed by atoms with van der Waals surface area (Å²) in [6.45, 7) is 5.08. The first-order valence-electron chi connectivity index (χ1n) is 8.57. The number of ether oxygens (including phenoxy) is 1. The van der Waals surface area contributed by atoms with Crippen LogP contribution in [0.15, 0.2) is 28.8 Å². The first kappa shape index (κ1) is 17.3. The average molecular weight is 344 g/mol. The summed E-state index contributed by atoms with van der Waals surface area (Å²) < 4.78 is 10.7. The average Bonchev–Trinajstić information content (AvgIpc) is 3.08. The van der Waals surface area contributed by atoms with Crippen molar-refractivity contribution in [1.29, 1.82) is 0 Å². The molecule has 1 aliphatic rings. The van der Waals surface area contributed by atoms with E-state index >= 15 is 0 Å². The number of para-hydroxylation sites is 1. The number of likely N-dealkylation sites (tertiary alicyclic amines) is 1. The number of amides is 2. The first-order valence-corrected chi connectivity index (χ1v) is 8.57. The third kappa shape index (κ3) is 3.92. The van der Waals surface area contributed by atoms with Crippen LogP contribution in [-0.2, 0) is 0 Å². The summed E-state index contributed by atoms with van der Waals surface area (Å²) in [5.41, 5.74) is 0.958. The molecule has 7 nitrogen and oxygen atoms in total. The number of nitrogens with zero attached hydrogens (tertiary/aromatic N) is 3. The minimum absolute atomic E-state index is 0.0839. The maximum Gasteiger partial charge on any atom is 0.317 e. The van der Waals surface area contributed by atoms with Crippen molar-refractivity contribution in [3.63, 3.8) is 0 Å². The van der Waals surface area contributed by atoms with Gasteiger partial charge in [-0.2, -0.15) is 4.98 Å². The minimum atomic E-state index is -0.144. The van der Waals surface area contributed by atoms with E-state index in [1.807, 2.05) is 36.1 Å². The largest absolute Gasteiger partial charge is 0.496 e. The van der Waals surface area contributed by atoms with Crippen LogP contribution in [0.3, 0.4) is 0 Å². The van der Waals surface area contributed by atoms with Crippen molar-refractivity contribution >= 4 is 6.03 Å². The Labute approximate surface area is 147 Å². The molecule has 2 heterocycles. The number of hydrogen-bond acceptors (Lipinski definition) is 5. The quantitative estimate of drug-likeness (QED) is 0.922. The van der Waals surface area contributed by atoms with E-state index in [4.69, 9.17) is 9.26 Å². The highest BCUT2D eigenvalue weighted by molar-refractivity contribution is 5.75. The van der Waals surface area contributed by atoms with E-state index in [2.05, 4.69) is 15.5 Å². The summed E-state index contributed by atoms with van der Waals surface area (Å²) in [6.07, 6.45) is 1.87. The predicted octanol–water partition coefficient (Wildman–Crippen LogP) is 3.04. The molecule has 134 valence electrons. The molecule has 0 saturated carbocycles. The van der Waals surface area contributed by atoms with Crippen LogP contribution < -0.4 is 10.1 Å². The van der Waals surface area contributed by atoms with Crippen molar-refractivity contribution in [2.75, 3.05) is 20.2 Å². The monoisotopic (exact) mass is 344 g/mol. The number of carbonyl (C=O) groups excluding carboxylic acids is 1. The van der Waals surface area contributed by atoms with Gasteiger partial charge in [0.1, 0.15) is 5.75 Å². The molecule has 0 aliphatic carbocycles. The minimum Gasteiger partial charge on any atom is -0.496 e. The lowest BCUT2D eigenvalue weighted by Gasteiger charge is -2.32. The summed E-state index contributed by atoms with van der Waals surface area (Å²) in [6, 6.07) is 7.49. The number of methoxy groups -OCH3 is 1. The van der Waals surface area contributed by atoms with Crippen LogP contribution in [0.5, 0.6) is 5.75 Å². The Morgan fingerprint density at radius 1 is 1.44 bits per heavy atom. The lowest BCUT2D eigenvalue weighted by Crippen LogP contribution is -2.45. The van der Waals surface area contributed by atoms with Gasteiger partial charge in [0.15, 0.2) is 5.82 Å². The summed E-state index contributed by atoms with van der Waals surface area (Å²) in [4.78, 5) is 18.8. The SMILES string of the molecule is COc1ccccc1[C@H](C)NC(=O)N1CCC[C@H](c2nc(C)no2)C1. The molecule has 3 rings (SSSR count). The number of nitrogens with one attached hydrogen (secondary N) is 1. The van der Waals surface area contributed by atoms with Gasteiger partial charge in [0.2, 0.25) is 5.89 Å². The number of aromatic nitrogens is 2. The molecule has 1 aliphatic heterocycles. The highest BCUT2D eigenvalue weighted by Gasteiger charge is 2.29. The molecule has 1 fully saturated rings. The maximum atomic E-state index is 12.7. The van der Waals surface area contributed by atoms with Gasteiger partial charge in [0.25, 0.3) is 0 Å². The number of urea groups is 1. The molecule has 0 spiro atoms. The fraction of sp³-hybridized carbons (Fsp3) is 0.500. The van der Waals surface area contributed by atoms with Crippen LogP contribution in [0, 0.1) is 6.92 Å². The van der Waals surface area contributed by atoms with Crippen LogP contribution in [-0.4, -0.2) is 41.3 Å². The number of carbonyl (C=O) groups is 1. The highest BCUT2D eigenvalue weighted by Crippen LogP contribution is 2.27. The fourth-order valence-electron chi connectivity index (χ4n) is 3.22. The molecule has 0 radical (unpaired) electrons. The van der Waals surface area contributed by atoms with Crippen molar-refractivity contribution in [3.8, 4) is 5.75 Å². The van der Waals surface area contributed by atoms with Crippen LogP contribution in [0.1, 0.15) is 49.0 Å². The van der Waals surface area contributed by atoms with Crippen LogP contribution in [0.2, 0.25) is 0 Å². The number of benzene rings is 1. The van der Waals surface area contributed by atoms with Crippen molar-refractivity contribution in [2.24, 2.45) is 0 Å². The van der Waals surface area contributed by atoms with E-state index in [1.165, 1.54) is 0 Å².